The molecule has 2 amide bonds. The summed E-state index contributed by atoms with van der Waals surface area (Å²) in [6.07, 6.45) is 3.77. The van der Waals surface area contributed by atoms with Gasteiger partial charge in [-0.1, -0.05) is 55.8 Å². The van der Waals surface area contributed by atoms with E-state index in [1.165, 1.54) is 0 Å². The molecule has 1 aromatic heterocycles. The molecule has 6 nitrogen and oxygen atoms in total. The molecule has 0 saturated heterocycles. The highest BCUT2D eigenvalue weighted by Crippen LogP contribution is 2.42. The number of amides is 2. The Labute approximate surface area is 217 Å². The summed E-state index contributed by atoms with van der Waals surface area (Å²) >= 11 is 0. The van der Waals surface area contributed by atoms with Crippen molar-refractivity contribution in [2.45, 2.75) is 25.8 Å². The number of unbranched alkanes of at least 4 members (excludes halogenated alkanes) is 1. The smallest absolute Gasteiger partial charge is 0.254 e. The van der Waals surface area contributed by atoms with Gasteiger partial charge in [0, 0.05) is 18.3 Å². The summed E-state index contributed by atoms with van der Waals surface area (Å²) in [5.41, 5.74) is 4.35. The van der Waals surface area contributed by atoms with Crippen LogP contribution in [0.2, 0.25) is 0 Å². The lowest BCUT2D eigenvalue weighted by Gasteiger charge is -2.39. The fourth-order valence-electron chi connectivity index (χ4n) is 4.97. The van der Waals surface area contributed by atoms with Crippen LogP contribution < -0.4 is 9.64 Å². The minimum atomic E-state index is -0.303. The molecule has 0 bridgehead atoms. The predicted molar refractivity (Wildman–Crippen MR) is 145 cm³/mol. The van der Waals surface area contributed by atoms with Crippen LogP contribution in [0.15, 0.2) is 97.2 Å². The van der Waals surface area contributed by atoms with E-state index in [1.807, 2.05) is 71.8 Å². The highest BCUT2D eigenvalue weighted by atomic mass is 16.5. The van der Waals surface area contributed by atoms with E-state index < -0.39 is 0 Å². The Hall–Kier alpha value is -4.32. The zero-order valence-corrected chi connectivity index (χ0v) is 21.2. The number of methoxy groups -OCH3 is 1. The van der Waals surface area contributed by atoms with Crippen LogP contribution in [0.1, 0.15) is 47.4 Å². The van der Waals surface area contributed by atoms with Crippen molar-refractivity contribution in [1.29, 1.82) is 0 Å². The van der Waals surface area contributed by atoms with Gasteiger partial charge in [0.1, 0.15) is 18.3 Å². The van der Waals surface area contributed by atoms with Crippen LogP contribution in [0.3, 0.4) is 0 Å². The highest BCUT2D eigenvalue weighted by molar-refractivity contribution is 6.02. The summed E-state index contributed by atoms with van der Waals surface area (Å²) in [4.78, 5) is 31.3. The van der Waals surface area contributed by atoms with Crippen LogP contribution >= 0.6 is 0 Å². The molecule has 1 atom stereocenters. The van der Waals surface area contributed by atoms with Crippen molar-refractivity contribution in [3.05, 3.63) is 114 Å². The molecule has 5 rings (SSSR count). The molecule has 0 aliphatic carbocycles. The van der Waals surface area contributed by atoms with E-state index in [9.17, 15) is 9.59 Å². The second kappa shape index (κ2) is 10.7. The average Bonchev–Trinajstić information content (AvgIpc) is 3.44. The third-order valence-electron chi connectivity index (χ3n) is 6.84. The van der Waals surface area contributed by atoms with E-state index in [-0.39, 0.29) is 24.4 Å². The van der Waals surface area contributed by atoms with E-state index in [0.29, 0.717) is 17.9 Å². The first-order valence-corrected chi connectivity index (χ1v) is 12.7. The number of benzene rings is 3. The minimum Gasteiger partial charge on any atom is -0.497 e. The van der Waals surface area contributed by atoms with Crippen LogP contribution in [0, 0.1) is 0 Å². The van der Waals surface area contributed by atoms with Gasteiger partial charge in [0.25, 0.3) is 5.91 Å². The van der Waals surface area contributed by atoms with Crippen molar-refractivity contribution in [1.82, 2.24) is 9.47 Å². The average molecular weight is 494 g/mol. The molecule has 37 heavy (non-hydrogen) atoms. The third kappa shape index (κ3) is 4.75. The topological polar surface area (TPSA) is 54.8 Å². The second-order valence-corrected chi connectivity index (χ2v) is 9.18. The maximum Gasteiger partial charge on any atom is 0.254 e. The molecule has 3 aromatic carbocycles. The predicted octanol–water partition coefficient (Wildman–Crippen LogP) is 5.86. The van der Waals surface area contributed by atoms with Gasteiger partial charge in [0.2, 0.25) is 5.91 Å². The largest absolute Gasteiger partial charge is 0.497 e. The SMILES string of the molecule is CCCCN(CC(=O)N1c2ccccc2-n2cccc2C1c1ccccc1)C(=O)c1ccc(OC)cc1. The molecule has 188 valence electrons. The summed E-state index contributed by atoms with van der Waals surface area (Å²) in [6.45, 7) is 2.58. The number of hydrogen-bond donors (Lipinski definition) is 0. The number of anilines is 1. The normalized spacial score (nSPS) is 14.0. The van der Waals surface area contributed by atoms with Crippen LogP contribution in [0.4, 0.5) is 5.69 Å². The van der Waals surface area contributed by atoms with E-state index in [1.54, 1.807) is 36.3 Å². The molecule has 0 N–H and O–H groups in total. The molecule has 4 aromatic rings. The summed E-state index contributed by atoms with van der Waals surface area (Å²) in [5, 5.41) is 0. The lowest BCUT2D eigenvalue weighted by molar-refractivity contribution is -0.119. The van der Waals surface area contributed by atoms with Gasteiger partial charge in [-0.25, -0.2) is 0 Å². The Morgan fingerprint density at radius 2 is 1.57 bits per heavy atom. The van der Waals surface area contributed by atoms with Gasteiger partial charge in [-0.2, -0.15) is 0 Å². The first-order valence-electron chi connectivity index (χ1n) is 12.7. The molecule has 1 unspecified atom stereocenters. The maximum absolute atomic E-state index is 14.2. The van der Waals surface area contributed by atoms with Crippen LogP contribution in [0.25, 0.3) is 5.69 Å². The van der Waals surface area contributed by atoms with Crippen molar-refractivity contribution in [3.63, 3.8) is 0 Å². The number of nitrogens with zero attached hydrogens (tertiary/aromatic N) is 3. The van der Waals surface area contributed by atoms with Gasteiger partial charge in [-0.05, 0) is 60.5 Å². The van der Waals surface area contributed by atoms with Crippen molar-refractivity contribution in [2.75, 3.05) is 25.1 Å². The van der Waals surface area contributed by atoms with Gasteiger partial charge in [0.05, 0.1) is 24.2 Å². The number of rotatable bonds is 8. The Kier molecular flexibility index (Phi) is 7.08. The Morgan fingerprint density at radius 1 is 0.865 bits per heavy atom. The van der Waals surface area contributed by atoms with Gasteiger partial charge >= 0.3 is 0 Å². The summed E-state index contributed by atoms with van der Waals surface area (Å²) in [5.74, 6) is 0.410. The lowest BCUT2D eigenvalue weighted by Crippen LogP contribution is -2.47. The van der Waals surface area contributed by atoms with Gasteiger partial charge in [-0.15, -0.1) is 0 Å². The number of para-hydroxylation sites is 2. The van der Waals surface area contributed by atoms with E-state index in [4.69, 9.17) is 4.74 Å². The zero-order chi connectivity index (χ0) is 25.8. The molecular formula is C31H31N3O3. The minimum absolute atomic E-state index is 0.0107. The molecule has 0 saturated carbocycles. The number of fused-ring (bicyclic) bond motifs is 3. The second-order valence-electron chi connectivity index (χ2n) is 9.18. The highest BCUT2D eigenvalue weighted by Gasteiger charge is 2.36. The molecule has 2 heterocycles. The van der Waals surface area contributed by atoms with Crippen molar-refractivity contribution >= 4 is 17.5 Å². The van der Waals surface area contributed by atoms with Crippen LogP contribution in [-0.2, 0) is 4.79 Å². The first kappa shape index (κ1) is 24.4. The molecule has 0 spiro atoms. The number of carbonyl (C=O) groups is 2. The van der Waals surface area contributed by atoms with Crippen molar-refractivity contribution < 1.29 is 14.3 Å². The monoisotopic (exact) mass is 493 g/mol. The fraction of sp³-hybridized carbons (Fsp3) is 0.226. The first-order chi connectivity index (χ1) is 18.1. The fourth-order valence-corrected chi connectivity index (χ4v) is 4.97. The molecule has 1 aliphatic heterocycles. The summed E-state index contributed by atoms with van der Waals surface area (Å²) in [7, 11) is 1.60. The quantitative estimate of drug-likeness (QED) is 0.309. The van der Waals surface area contributed by atoms with Gasteiger partial charge < -0.3 is 14.2 Å². The molecular weight excluding hydrogens is 462 g/mol. The van der Waals surface area contributed by atoms with E-state index in [2.05, 4.69) is 17.6 Å². The molecule has 1 aliphatic rings. The van der Waals surface area contributed by atoms with Crippen molar-refractivity contribution in [2.24, 2.45) is 0 Å². The number of ether oxygens (including phenoxy) is 1. The standard InChI is InChI=1S/C31H31N3O3/c1-3-4-20-32(31(36)24-16-18-25(37-2)19-17-24)22-29(35)34-27-14-9-8-13-26(27)33-21-10-15-28(33)30(34)23-11-6-5-7-12-23/h5-19,21,30H,3-4,20,22H2,1-2H3. The third-order valence-corrected chi connectivity index (χ3v) is 6.84. The Morgan fingerprint density at radius 3 is 2.27 bits per heavy atom. The number of aromatic nitrogens is 1. The van der Waals surface area contributed by atoms with Crippen LogP contribution in [-0.4, -0.2) is 41.5 Å². The van der Waals surface area contributed by atoms with E-state index >= 15 is 0 Å². The Bertz CT molecular complexity index is 1380. The number of hydrogen-bond acceptors (Lipinski definition) is 3. The summed E-state index contributed by atoms with van der Waals surface area (Å²) < 4.78 is 7.39. The molecule has 6 heteroatoms. The molecule has 0 fully saturated rings. The number of carbonyl (C=O) groups excluding carboxylic acids is 2. The lowest BCUT2D eigenvalue weighted by atomic mass is 9.97. The summed E-state index contributed by atoms with van der Waals surface area (Å²) in [6, 6.07) is 28.8. The van der Waals surface area contributed by atoms with Crippen molar-refractivity contribution in [3.8, 4) is 11.4 Å². The molecule has 0 radical (unpaired) electrons. The maximum atomic E-state index is 14.2. The van der Waals surface area contributed by atoms with Gasteiger partial charge in [-0.3, -0.25) is 14.5 Å². The Balaban J connectivity index is 1.52. The van der Waals surface area contributed by atoms with E-state index in [0.717, 1.165) is 35.5 Å². The van der Waals surface area contributed by atoms with Gasteiger partial charge in [0.15, 0.2) is 0 Å². The zero-order valence-electron chi connectivity index (χ0n) is 21.2. The van der Waals surface area contributed by atoms with Crippen LogP contribution in [0.5, 0.6) is 5.75 Å².